The first-order valence-electron chi connectivity index (χ1n) is 6.32. The molecule has 0 unspecified atom stereocenters. The molecule has 3 heterocycles. The summed E-state index contributed by atoms with van der Waals surface area (Å²) in [6.07, 6.45) is 3.69. The average Bonchev–Trinajstić information content (AvgIpc) is 2.78. The van der Waals surface area contributed by atoms with E-state index in [4.69, 9.17) is 9.31 Å². The summed E-state index contributed by atoms with van der Waals surface area (Å²) in [5.41, 5.74) is 1.33. The van der Waals surface area contributed by atoms with E-state index in [-0.39, 0.29) is 18.3 Å². The molecule has 6 heteroatoms. The van der Waals surface area contributed by atoms with Crippen LogP contribution in [0.15, 0.2) is 11.2 Å². The number of aromatic nitrogens is 2. The Morgan fingerprint density at radius 1 is 1.22 bits per heavy atom. The number of hydrogen-bond donors (Lipinski definition) is 0. The molecule has 18 heavy (non-hydrogen) atoms. The third-order valence-electron chi connectivity index (χ3n) is 4.07. The van der Waals surface area contributed by atoms with Crippen LogP contribution in [0.5, 0.6) is 0 Å². The molecular formula is C12H18BN3O2. The summed E-state index contributed by atoms with van der Waals surface area (Å²) in [7, 11) is -0.358. The van der Waals surface area contributed by atoms with E-state index in [9.17, 15) is 0 Å². The van der Waals surface area contributed by atoms with Crippen molar-refractivity contribution < 1.29 is 9.31 Å². The topological polar surface area (TPSA) is 48.6 Å². The SMILES string of the molecule is CC1(C)OB(c2cnn3c2C=NCC3)OC1(C)C. The van der Waals surface area contributed by atoms with Crippen molar-refractivity contribution >= 4 is 18.8 Å². The van der Waals surface area contributed by atoms with Gasteiger partial charge in [-0.25, -0.2) is 0 Å². The number of aliphatic imine (C=N–C) groups is 1. The van der Waals surface area contributed by atoms with Gasteiger partial charge in [0.25, 0.3) is 0 Å². The van der Waals surface area contributed by atoms with Gasteiger partial charge in [-0.15, -0.1) is 0 Å². The van der Waals surface area contributed by atoms with Crippen LogP contribution in [0.4, 0.5) is 0 Å². The Morgan fingerprint density at radius 2 is 1.89 bits per heavy atom. The molecule has 0 spiro atoms. The lowest BCUT2D eigenvalue weighted by atomic mass is 9.79. The summed E-state index contributed by atoms with van der Waals surface area (Å²) < 4.78 is 14.0. The van der Waals surface area contributed by atoms with Crippen molar-refractivity contribution in [3.63, 3.8) is 0 Å². The first kappa shape index (κ1) is 11.9. The molecule has 1 aromatic rings. The van der Waals surface area contributed by atoms with Crippen molar-refractivity contribution in [1.82, 2.24) is 9.78 Å². The molecule has 2 aliphatic rings. The fourth-order valence-corrected chi connectivity index (χ4v) is 2.18. The van der Waals surface area contributed by atoms with Crippen LogP contribution >= 0.6 is 0 Å². The maximum Gasteiger partial charge on any atom is 0.498 e. The highest BCUT2D eigenvalue weighted by Crippen LogP contribution is 2.36. The molecule has 0 radical (unpaired) electrons. The summed E-state index contributed by atoms with van der Waals surface area (Å²) >= 11 is 0. The first-order valence-corrected chi connectivity index (χ1v) is 6.32. The Balaban J connectivity index is 1.95. The van der Waals surface area contributed by atoms with E-state index in [1.165, 1.54) is 0 Å². The average molecular weight is 247 g/mol. The predicted molar refractivity (Wildman–Crippen MR) is 70.4 cm³/mol. The van der Waals surface area contributed by atoms with E-state index in [2.05, 4.69) is 37.8 Å². The van der Waals surface area contributed by atoms with E-state index in [0.29, 0.717) is 0 Å². The zero-order chi connectivity index (χ0) is 13.0. The molecule has 2 aliphatic heterocycles. The van der Waals surface area contributed by atoms with Crippen LogP contribution in [0.2, 0.25) is 0 Å². The van der Waals surface area contributed by atoms with Gasteiger partial charge in [0.05, 0.1) is 30.0 Å². The second-order valence-corrected chi connectivity index (χ2v) is 5.83. The summed E-state index contributed by atoms with van der Waals surface area (Å²) in [6.45, 7) is 9.82. The van der Waals surface area contributed by atoms with Gasteiger partial charge in [0, 0.05) is 17.9 Å². The normalized spacial score (nSPS) is 24.3. The molecule has 96 valence electrons. The molecule has 5 nitrogen and oxygen atoms in total. The van der Waals surface area contributed by atoms with E-state index in [1.54, 1.807) is 0 Å². The fourth-order valence-electron chi connectivity index (χ4n) is 2.18. The zero-order valence-corrected chi connectivity index (χ0v) is 11.3. The lowest BCUT2D eigenvalue weighted by Crippen LogP contribution is -2.41. The van der Waals surface area contributed by atoms with Gasteiger partial charge in [0.1, 0.15) is 0 Å². The number of hydrogen-bond acceptors (Lipinski definition) is 4. The highest BCUT2D eigenvalue weighted by molar-refractivity contribution is 6.63. The quantitative estimate of drug-likeness (QED) is 0.683. The molecule has 1 aromatic heterocycles. The number of nitrogens with zero attached hydrogens (tertiary/aromatic N) is 3. The van der Waals surface area contributed by atoms with Crippen LogP contribution in [-0.2, 0) is 15.9 Å². The second kappa shape index (κ2) is 3.68. The van der Waals surface area contributed by atoms with Crippen molar-refractivity contribution in [3.8, 4) is 0 Å². The van der Waals surface area contributed by atoms with Gasteiger partial charge in [0.2, 0.25) is 0 Å². The molecule has 3 rings (SSSR count). The van der Waals surface area contributed by atoms with Crippen LogP contribution < -0.4 is 5.46 Å². The minimum absolute atomic E-state index is 0.321. The van der Waals surface area contributed by atoms with Crippen molar-refractivity contribution in [1.29, 1.82) is 0 Å². The molecule has 0 aromatic carbocycles. The largest absolute Gasteiger partial charge is 0.498 e. The number of fused-ring (bicyclic) bond motifs is 1. The van der Waals surface area contributed by atoms with Crippen LogP contribution in [0.3, 0.4) is 0 Å². The summed E-state index contributed by atoms with van der Waals surface area (Å²) in [6, 6.07) is 0. The Labute approximate surface area is 107 Å². The molecule has 1 fully saturated rings. The maximum absolute atomic E-state index is 6.04. The fraction of sp³-hybridized carbons (Fsp3) is 0.667. The molecule has 0 amide bonds. The van der Waals surface area contributed by atoms with E-state index in [0.717, 1.165) is 24.2 Å². The van der Waals surface area contributed by atoms with Crippen molar-refractivity contribution in [2.45, 2.75) is 45.4 Å². The Morgan fingerprint density at radius 3 is 2.56 bits per heavy atom. The van der Waals surface area contributed by atoms with Gasteiger partial charge >= 0.3 is 7.12 Å². The van der Waals surface area contributed by atoms with Gasteiger partial charge in [0.15, 0.2) is 0 Å². The number of rotatable bonds is 1. The monoisotopic (exact) mass is 247 g/mol. The first-order chi connectivity index (χ1) is 8.41. The molecule has 0 saturated carbocycles. The second-order valence-electron chi connectivity index (χ2n) is 5.83. The highest BCUT2D eigenvalue weighted by atomic mass is 16.7. The van der Waals surface area contributed by atoms with Gasteiger partial charge in [-0.2, -0.15) is 5.10 Å². The molecule has 0 aliphatic carbocycles. The van der Waals surface area contributed by atoms with Crippen molar-refractivity contribution in [2.75, 3.05) is 6.54 Å². The molecular weight excluding hydrogens is 229 g/mol. The summed E-state index contributed by atoms with van der Waals surface area (Å²) in [5.74, 6) is 0. The van der Waals surface area contributed by atoms with Crippen LogP contribution in [0.25, 0.3) is 0 Å². The molecule has 0 N–H and O–H groups in total. The minimum atomic E-state index is -0.358. The summed E-state index contributed by atoms with van der Waals surface area (Å²) in [4.78, 5) is 4.30. The zero-order valence-electron chi connectivity index (χ0n) is 11.3. The van der Waals surface area contributed by atoms with Gasteiger partial charge in [-0.1, -0.05) is 0 Å². The van der Waals surface area contributed by atoms with Gasteiger partial charge in [-0.05, 0) is 27.7 Å². The Bertz CT molecular complexity index is 491. The van der Waals surface area contributed by atoms with Gasteiger partial charge in [-0.3, -0.25) is 9.67 Å². The standard InChI is InChI=1S/C12H18BN3O2/c1-11(2)12(3,4)18-13(17-11)9-7-15-16-6-5-14-8-10(9)16/h7-8H,5-6H2,1-4H3. The Kier molecular flexibility index (Phi) is 2.44. The third-order valence-corrected chi connectivity index (χ3v) is 4.07. The van der Waals surface area contributed by atoms with E-state index < -0.39 is 0 Å². The Hall–Kier alpha value is -1.14. The van der Waals surface area contributed by atoms with E-state index >= 15 is 0 Å². The maximum atomic E-state index is 6.04. The molecule has 0 bridgehead atoms. The van der Waals surface area contributed by atoms with Crippen LogP contribution in [0.1, 0.15) is 33.4 Å². The van der Waals surface area contributed by atoms with Crippen molar-refractivity contribution in [2.24, 2.45) is 4.99 Å². The highest BCUT2D eigenvalue weighted by Gasteiger charge is 2.52. The van der Waals surface area contributed by atoms with E-state index in [1.807, 2.05) is 17.1 Å². The smallest absolute Gasteiger partial charge is 0.399 e. The van der Waals surface area contributed by atoms with Crippen molar-refractivity contribution in [3.05, 3.63) is 11.9 Å². The predicted octanol–water partition coefficient (Wildman–Crippen LogP) is 0.615. The van der Waals surface area contributed by atoms with Gasteiger partial charge < -0.3 is 9.31 Å². The van der Waals surface area contributed by atoms with Crippen LogP contribution in [-0.4, -0.2) is 40.9 Å². The third kappa shape index (κ3) is 1.63. The lowest BCUT2D eigenvalue weighted by Gasteiger charge is -2.32. The van der Waals surface area contributed by atoms with Crippen LogP contribution in [0, 0.1) is 0 Å². The minimum Gasteiger partial charge on any atom is -0.399 e. The molecule has 1 saturated heterocycles. The molecule has 0 atom stereocenters. The summed E-state index contributed by atoms with van der Waals surface area (Å²) in [5, 5.41) is 4.36. The lowest BCUT2D eigenvalue weighted by molar-refractivity contribution is 0.00578.